The molecule has 0 saturated heterocycles. The number of ether oxygens (including phenoxy) is 1. The van der Waals surface area contributed by atoms with Crippen molar-refractivity contribution >= 4 is 12.0 Å². The molecule has 0 aliphatic rings. The van der Waals surface area contributed by atoms with Gasteiger partial charge in [-0.1, -0.05) is 12.1 Å². The van der Waals surface area contributed by atoms with Gasteiger partial charge in [0.25, 0.3) is 5.91 Å². The van der Waals surface area contributed by atoms with Crippen LogP contribution in [0.1, 0.15) is 19.4 Å². The Kier molecular flexibility index (Phi) is 4.94. The fourth-order valence-corrected chi connectivity index (χ4v) is 1.39. The maximum atomic E-state index is 11.7. The first kappa shape index (κ1) is 13.8. The fourth-order valence-electron chi connectivity index (χ4n) is 1.39. The average molecular weight is 244 g/mol. The Morgan fingerprint density at radius 1 is 1.50 bits per heavy atom. The normalized spacial score (nSPS) is 10.9. The largest absolute Gasteiger partial charge is 0.497 e. The van der Waals surface area contributed by atoms with E-state index in [2.05, 4.69) is 5.32 Å². The van der Waals surface area contributed by atoms with Gasteiger partial charge in [0.15, 0.2) is 0 Å². The molecule has 0 aliphatic heterocycles. The molecule has 0 unspecified atom stereocenters. The molecule has 1 N–H and O–H groups in total. The molecule has 4 nitrogen and oxygen atoms in total. The van der Waals surface area contributed by atoms with Crippen molar-refractivity contribution in [3.05, 3.63) is 35.4 Å². The van der Waals surface area contributed by atoms with E-state index in [-0.39, 0.29) is 17.5 Å². The lowest BCUT2D eigenvalue weighted by Crippen LogP contribution is -2.30. The first-order valence-electron chi connectivity index (χ1n) is 5.63. The molecule has 0 spiro atoms. The van der Waals surface area contributed by atoms with Crippen LogP contribution < -0.4 is 10.1 Å². The number of nitriles is 1. The number of nitrogens with one attached hydrogen (secondary N) is 1. The minimum absolute atomic E-state index is 0.000408. The monoisotopic (exact) mass is 244 g/mol. The summed E-state index contributed by atoms with van der Waals surface area (Å²) in [5.41, 5.74) is 0.835. The lowest BCUT2D eigenvalue weighted by Gasteiger charge is -2.07. The molecule has 0 aliphatic carbocycles. The number of nitrogens with zero attached hydrogens (tertiary/aromatic N) is 1. The summed E-state index contributed by atoms with van der Waals surface area (Å²) in [6, 6.07) is 9.08. The van der Waals surface area contributed by atoms with Crippen molar-refractivity contribution in [2.45, 2.75) is 19.9 Å². The van der Waals surface area contributed by atoms with Crippen LogP contribution in [0.4, 0.5) is 0 Å². The van der Waals surface area contributed by atoms with Crippen molar-refractivity contribution in [1.29, 1.82) is 5.26 Å². The first-order valence-corrected chi connectivity index (χ1v) is 5.63. The lowest BCUT2D eigenvalue weighted by molar-refractivity contribution is -0.117. The summed E-state index contributed by atoms with van der Waals surface area (Å²) in [5, 5.41) is 11.7. The van der Waals surface area contributed by atoms with Crippen LogP contribution in [-0.4, -0.2) is 19.1 Å². The van der Waals surface area contributed by atoms with Crippen LogP contribution >= 0.6 is 0 Å². The number of hydrogen-bond acceptors (Lipinski definition) is 3. The second-order valence-electron chi connectivity index (χ2n) is 4.07. The number of amides is 1. The molecule has 0 fully saturated rings. The van der Waals surface area contributed by atoms with Crippen LogP contribution in [0.5, 0.6) is 5.75 Å². The Bertz CT molecular complexity index is 499. The second-order valence-corrected chi connectivity index (χ2v) is 4.07. The molecular formula is C14H16N2O2. The van der Waals surface area contributed by atoms with Crippen molar-refractivity contribution < 1.29 is 9.53 Å². The molecule has 1 rings (SSSR count). The topological polar surface area (TPSA) is 62.1 Å². The van der Waals surface area contributed by atoms with Gasteiger partial charge in [-0.25, -0.2) is 0 Å². The Hall–Kier alpha value is -2.28. The Morgan fingerprint density at radius 3 is 2.78 bits per heavy atom. The smallest absolute Gasteiger partial charge is 0.262 e. The van der Waals surface area contributed by atoms with Gasteiger partial charge in [0.2, 0.25) is 0 Å². The zero-order valence-electron chi connectivity index (χ0n) is 10.7. The summed E-state index contributed by atoms with van der Waals surface area (Å²) in [7, 11) is 1.57. The summed E-state index contributed by atoms with van der Waals surface area (Å²) >= 11 is 0. The highest BCUT2D eigenvalue weighted by Crippen LogP contribution is 2.15. The molecule has 0 atom stereocenters. The van der Waals surface area contributed by atoms with E-state index >= 15 is 0 Å². The molecule has 1 aromatic carbocycles. The SMILES string of the molecule is COc1cccc(/C=C(\C#N)C(=O)NC(C)C)c1. The maximum absolute atomic E-state index is 11.7. The molecule has 0 radical (unpaired) electrons. The highest BCUT2D eigenvalue weighted by atomic mass is 16.5. The van der Waals surface area contributed by atoms with Crippen LogP contribution in [0, 0.1) is 11.3 Å². The summed E-state index contributed by atoms with van der Waals surface area (Å²) < 4.78 is 5.08. The van der Waals surface area contributed by atoms with E-state index in [1.807, 2.05) is 26.0 Å². The molecule has 0 bridgehead atoms. The van der Waals surface area contributed by atoms with E-state index in [1.165, 1.54) is 0 Å². The molecule has 1 amide bonds. The number of carbonyl (C=O) groups excluding carboxylic acids is 1. The van der Waals surface area contributed by atoms with Gasteiger partial charge in [0, 0.05) is 6.04 Å². The molecule has 4 heteroatoms. The minimum Gasteiger partial charge on any atom is -0.497 e. The Morgan fingerprint density at radius 2 is 2.22 bits per heavy atom. The predicted molar refractivity (Wildman–Crippen MR) is 69.9 cm³/mol. The predicted octanol–water partition coefficient (Wildman–Crippen LogP) is 2.13. The van der Waals surface area contributed by atoms with Crippen molar-refractivity contribution in [2.24, 2.45) is 0 Å². The zero-order valence-corrected chi connectivity index (χ0v) is 10.7. The van der Waals surface area contributed by atoms with Crippen LogP contribution in [0.3, 0.4) is 0 Å². The molecule has 18 heavy (non-hydrogen) atoms. The van der Waals surface area contributed by atoms with E-state index in [9.17, 15) is 4.79 Å². The number of hydrogen-bond donors (Lipinski definition) is 1. The summed E-state index contributed by atoms with van der Waals surface area (Å²) in [4.78, 5) is 11.7. The zero-order chi connectivity index (χ0) is 13.5. The Labute approximate surface area is 107 Å². The van der Waals surface area contributed by atoms with Gasteiger partial charge in [0.1, 0.15) is 17.4 Å². The van der Waals surface area contributed by atoms with E-state index in [4.69, 9.17) is 10.00 Å². The van der Waals surface area contributed by atoms with Crippen LogP contribution in [-0.2, 0) is 4.79 Å². The van der Waals surface area contributed by atoms with Crippen LogP contribution in [0.15, 0.2) is 29.8 Å². The standard InChI is InChI=1S/C14H16N2O2/c1-10(2)16-14(17)12(9-15)7-11-5-4-6-13(8-11)18-3/h4-8,10H,1-3H3,(H,16,17)/b12-7+. The van der Waals surface area contributed by atoms with Crippen molar-refractivity contribution in [3.8, 4) is 11.8 Å². The summed E-state index contributed by atoms with van der Waals surface area (Å²) in [5.74, 6) is 0.320. The van der Waals surface area contributed by atoms with E-state index in [1.54, 1.807) is 31.4 Å². The number of rotatable bonds is 4. The average Bonchev–Trinajstić information content (AvgIpc) is 2.35. The third kappa shape index (κ3) is 3.95. The van der Waals surface area contributed by atoms with Crippen molar-refractivity contribution in [1.82, 2.24) is 5.32 Å². The van der Waals surface area contributed by atoms with E-state index in [0.29, 0.717) is 5.75 Å². The highest BCUT2D eigenvalue weighted by Gasteiger charge is 2.09. The third-order valence-electron chi connectivity index (χ3n) is 2.19. The van der Waals surface area contributed by atoms with Gasteiger partial charge in [-0.15, -0.1) is 0 Å². The lowest BCUT2D eigenvalue weighted by atomic mass is 10.1. The maximum Gasteiger partial charge on any atom is 0.262 e. The molecule has 0 heterocycles. The number of benzene rings is 1. The third-order valence-corrected chi connectivity index (χ3v) is 2.19. The fraction of sp³-hybridized carbons (Fsp3) is 0.286. The van der Waals surface area contributed by atoms with Gasteiger partial charge < -0.3 is 10.1 Å². The second kappa shape index (κ2) is 6.45. The number of methoxy groups -OCH3 is 1. The van der Waals surface area contributed by atoms with Gasteiger partial charge in [-0.3, -0.25) is 4.79 Å². The number of carbonyl (C=O) groups is 1. The van der Waals surface area contributed by atoms with Crippen LogP contribution in [0.25, 0.3) is 6.08 Å². The molecule has 0 saturated carbocycles. The van der Waals surface area contributed by atoms with Gasteiger partial charge in [-0.05, 0) is 37.6 Å². The summed E-state index contributed by atoms with van der Waals surface area (Å²) in [6.07, 6.45) is 1.54. The quantitative estimate of drug-likeness (QED) is 0.652. The molecule has 94 valence electrons. The minimum atomic E-state index is -0.365. The molecule has 0 aromatic heterocycles. The van der Waals surface area contributed by atoms with Crippen molar-refractivity contribution in [2.75, 3.05) is 7.11 Å². The van der Waals surface area contributed by atoms with E-state index < -0.39 is 0 Å². The Balaban J connectivity index is 2.97. The molecule has 1 aromatic rings. The highest BCUT2D eigenvalue weighted by molar-refractivity contribution is 6.01. The van der Waals surface area contributed by atoms with E-state index in [0.717, 1.165) is 5.56 Å². The van der Waals surface area contributed by atoms with Crippen LogP contribution in [0.2, 0.25) is 0 Å². The first-order chi connectivity index (χ1) is 8.56. The van der Waals surface area contributed by atoms with Gasteiger partial charge >= 0.3 is 0 Å². The molecular weight excluding hydrogens is 228 g/mol. The van der Waals surface area contributed by atoms with Gasteiger partial charge in [0.05, 0.1) is 7.11 Å². The van der Waals surface area contributed by atoms with Crippen molar-refractivity contribution in [3.63, 3.8) is 0 Å². The van der Waals surface area contributed by atoms with Gasteiger partial charge in [-0.2, -0.15) is 5.26 Å². The summed E-state index contributed by atoms with van der Waals surface area (Å²) in [6.45, 7) is 3.69.